The van der Waals surface area contributed by atoms with Crippen LogP contribution in [0, 0.1) is 0 Å². The van der Waals surface area contributed by atoms with Crippen LogP contribution in [0.1, 0.15) is 15.9 Å². The summed E-state index contributed by atoms with van der Waals surface area (Å²) in [7, 11) is 0. The number of halogens is 1. The second kappa shape index (κ2) is 3.21. The minimum Gasteiger partial charge on any atom is -0.478 e. The van der Waals surface area contributed by atoms with E-state index in [1.54, 1.807) is 0 Å². The Kier molecular flexibility index (Phi) is 2.28. The molecule has 0 aliphatic rings. The number of nitrogen functional groups attached to an aromatic ring is 1. The fraction of sp³-hybridized carbons (Fsp3) is 0.125. The van der Waals surface area contributed by atoms with Gasteiger partial charge in [-0.3, -0.25) is 0 Å². The SMILES string of the molecule is Nc1cc(CF)ccc1C(=O)O. The normalized spacial score (nSPS) is 9.75. The lowest BCUT2D eigenvalue weighted by Gasteiger charge is -2.01. The largest absolute Gasteiger partial charge is 0.478 e. The lowest BCUT2D eigenvalue weighted by Crippen LogP contribution is -2.02. The highest BCUT2D eigenvalue weighted by Gasteiger charge is 2.07. The van der Waals surface area contributed by atoms with E-state index < -0.39 is 12.6 Å². The molecule has 1 aromatic rings. The van der Waals surface area contributed by atoms with Gasteiger partial charge >= 0.3 is 5.97 Å². The molecule has 0 aromatic heterocycles. The number of aromatic carboxylic acids is 1. The molecular weight excluding hydrogens is 161 g/mol. The lowest BCUT2D eigenvalue weighted by atomic mass is 10.1. The zero-order chi connectivity index (χ0) is 9.14. The van der Waals surface area contributed by atoms with Crippen LogP contribution < -0.4 is 5.73 Å². The van der Waals surface area contributed by atoms with Crippen LogP contribution >= 0.6 is 0 Å². The number of carboxylic acid groups (broad SMARTS) is 1. The molecule has 1 aromatic carbocycles. The van der Waals surface area contributed by atoms with Crippen molar-refractivity contribution in [3.8, 4) is 0 Å². The summed E-state index contributed by atoms with van der Waals surface area (Å²) in [5.41, 5.74) is 5.84. The highest BCUT2D eigenvalue weighted by molar-refractivity contribution is 5.93. The van der Waals surface area contributed by atoms with Gasteiger partial charge < -0.3 is 10.8 Å². The number of hydrogen-bond donors (Lipinski definition) is 2. The van der Waals surface area contributed by atoms with Gasteiger partial charge in [-0.1, -0.05) is 6.07 Å². The zero-order valence-electron chi connectivity index (χ0n) is 6.25. The van der Waals surface area contributed by atoms with Gasteiger partial charge in [0.2, 0.25) is 0 Å². The van der Waals surface area contributed by atoms with Crippen molar-refractivity contribution in [3.63, 3.8) is 0 Å². The molecule has 12 heavy (non-hydrogen) atoms. The van der Waals surface area contributed by atoms with Gasteiger partial charge in [0.05, 0.1) is 5.56 Å². The predicted molar refractivity (Wildman–Crippen MR) is 42.6 cm³/mol. The number of benzene rings is 1. The van der Waals surface area contributed by atoms with Gasteiger partial charge in [0.15, 0.2) is 0 Å². The fourth-order valence-electron chi connectivity index (χ4n) is 0.890. The van der Waals surface area contributed by atoms with Gasteiger partial charge in [-0.05, 0) is 17.7 Å². The molecule has 0 bridgehead atoms. The summed E-state index contributed by atoms with van der Waals surface area (Å²) in [6, 6.07) is 4.02. The van der Waals surface area contributed by atoms with Crippen molar-refractivity contribution in [2.75, 3.05) is 5.73 Å². The Balaban J connectivity index is 3.12. The van der Waals surface area contributed by atoms with Gasteiger partial charge in [-0.15, -0.1) is 0 Å². The van der Waals surface area contributed by atoms with E-state index >= 15 is 0 Å². The van der Waals surface area contributed by atoms with Gasteiger partial charge in [0, 0.05) is 5.69 Å². The third kappa shape index (κ3) is 1.53. The highest BCUT2D eigenvalue weighted by Crippen LogP contribution is 2.14. The summed E-state index contributed by atoms with van der Waals surface area (Å²) in [6.07, 6.45) is 0. The summed E-state index contributed by atoms with van der Waals surface area (Å²) in [4.78, 5) is 10.4. The number of rotatable bonds is 2. The molecule has 0 aliphatic carbocycles. The molecule has 4 heteroatoms. The van der Waals surface area contributed by atoms with Crippen molar-refractivity contribution in [3.05, 3.63) is 29.3 Å². The summed E-state index contributed by atoms with van der Waals surface area (Å²) < 4.78 is 12.0. The van der Waals surface area contributed by atoms with Crippen LogP contribution in [0.15, 0.2) is 18.2 Å². The van der Waals surface area contributed by atoms with Crippen LogP contribution in [-0.4, -0.2) is 11.1 Å². The van der Waals surface area contributed by atoms with Gasteiger partial charge in [0.1, 0.15) is 6.67 Å². The van der Waals surface area contributed by atoms with Crippen LogP contribution in [0.4, 0.5) is 10.1 Å². The van der Waals surface area contributed by atoms with Crippen LogP contribution in [0.5, 0.6) is 0 Å². The maximum absolute atomic E-state index is 12.0. The zero-order valence-corrected chi connectivity index (χ0v) is 6.25. The van der Waals surface area contributed by atoms with E-state index in [4.69, 9.17) is 10.8 Å². The molecule has 0 unspecified atom stereocenters. The van der Waals surface area contributed by atoms with Crippen LogP contribution in [0.25, 0.3) is 0 Å². The Bertz CT molecular complexity index is 312. The number of alkyl halides is 1. The topological polar surface area (TPSA) is 63.3 Å². The smallest absolute Gasteiger partial charge is 0.337 e. The maximum Gasteiger partial charge on any atom is 0.337 e. The molecule has 3 N–H and O–H groups in total. The first-order valence-corrected chi connectivity index (χ1v) is 3.33. The number of carbonyl (C=O) groups is 1. The first-order valence-electron chi connectivity index (χ1n) is 3.33. The maximum atomic E-state index is 12.0. The molecule has 64 valence electrons. The van der Waals surface area contributed by atoms with Crippen molar-refractivity contribution in [2.45, 2.75) is 6.67 Å². The van der Waals surface area contributed by atoms with Crippen LogP contribution in [0.3, 0.4) is 0 Å². The van der Waals surface area contributed by atoms with Crippen molar-refractivity contribution < 1.29 is 14.3 Å². The molecule has 0 aliphatic heterocycles. The summed E-state index contributed by atoms with van der Waals surface area (Å²) in [5, 5.41) is 8.56. The molecule has 0 saturated carbocycles. The highest BCUT2D eigenvalue weighted by atomic mass is 19.1. The first kappa shape index (κ1) is 8.52. The third-order valence-corrected chi connectivity index (χ3v) is 1.50. The standard InChI is InChI=1S/C8H8FNO2/c9-4-5-1-2-6(8(11)12)7(10)3-5/h1-3H,4,10H2,(H,11,12). The van der Waals surface area contributed by atoms with E-state index in [0.29, 0.717) is 5.56 Å². The molecule has 0 fully saturated rings. The molecule has 3 nitrogen and oxygen atoms in total. The Hall–Kier alpha value is -1.58. The van der Waals surface area contributed by atoms with E-state index in [9.17, 15) is 9.18 Å². The Morgan fingerprint density at radius 2 is 2.25 bits per heavy atom. The molecule has 0 saturated heterocycles. The van der Waals surface area contributed by atoms with Crippen molar-refractivity contribution in [1.29, 1.82) is 0 Å². The van der Waals surface area contributed by atoms with Gasteiger partial charge in [-0.2, -0.15) is 0 Å². The predicted octanol–water partition coefficient (Wildman–Crippen LogP) is 1.44. The lowest BCUT2D eigenvalue weighted by molar-refractivity contribution is 0.0698. The number of hydrogen-bond acceptors (Lipinski definition) is 2. The van der Waals surface area contributed by atoms with E-state index in [-0.39, 0.29) is 11.3 Å². The Morgan fingerprint density at radius 3 is 2.67 bits per heavy atom. The van der Waals surface area contributed by atoms with E-state index in [1.165, 1.54) is 18.2 Å². The van der Waals surface area contributed by atoms with E-state index in [2.05, 4.69) is 0 Å². The van der Waals surface area contributed by atoms with E-state index in [0.717, 1.165) is 0 Å². The fourth-order valence-corrected chi connectivity index (χ4v) is 0.890. The molecule has 0 spiro atoms. The monoisotopic (exact) mass is 169 g/mol. The average Bonchev–Trinajstić information content (AvgIpc) is 2.03. The van der Waals surface area contributed by atoms with Crippen molar-refractivity contribution in [1.82, 2.24) is 0 Å². The van der Waals surface area contributed by atoms with Crippen molar-refractivity contribution in [2.24, 2.45) is 0 Å². The Labute approximate surface area is 68.6 Å². The Morgan fingerprint density at radius 1 is 1.58 bits per heavy atom. The molecular formula is C8H8FNO2. The summed E-state index contributed by atoms with van der Waals surface area (Å²) >= 11 is 0. The van der Waals surface area contributed by atoms with Crippen LogP contribution in [0.2, 0.25) is 0 Å². The molecule has 0 atom stereocenters. The summed E-state index contributed by atoms with van der Waals surface area (Å²) in [6.45, 7) is -0.635. The van der Waals surface area contributed by atoms with E-state index in [1.807, 2.05) is 0 Å². The second-order valence-electron chi connectivity index (χ2n) is 2.36. The van der Waals surface area contributed by atoms with Gasteiger partial charge in [0.25, 0.3) is 0 Å². The summed E-state index contributed by atoms with van der Waals surface area (Å²) in [5.74, 6) is -1.10. The minimum absolute atomic E-state index is 0.00667. The second-order valence-corrected chi connectivity index (χ2v) is 2.36. The van der Waals surface area contributed by atoms with Gasteiger partial charge in [-0.25, -0.2) is 9.18 Å². The minimum atomic E-state index is -1.10. The quantitative estimate of drug-likeness (QED) is 0.658. The van der Waals surface area contributed by atoms with Crippen molar-refractivity contribution >= 4 is 11.7 Å². The molecule has 0 heterocycles. The number of carboxylic acids is 1. The third-order valence-electron chi connectivity index (χ3n) is 1.50. The molecule has 1 rings (SSSR count). The molecule has 0 amide bonds. The first-order chi connectivity index (χ1) is 5.65. The van der Waals surface area contributed by atoms with Crippen LogP contribution in [-0.2, 0) is 6.67 Å². The molecule has 0 radical (unpaired) electrons. The number of nitrogens with two attached hydrogens (primary N) is 1. The number of anilines is 1. The average molecular weight is 169 g/mol.